The summed E-state index contributed by atoms with van der Waals surface area (Å²) in [6, 6.07) is 0. The number of amides is 1. The highest BCUT2D eigenvalue weighted by Gasteiger charge is 2.12. The number of nitrogens with two attached hydrogens (primary N) is 1. The summed E-state index contributed by atoms with van der Waals surface area (Å²) in [4.78, 5) is 10.6. The first-order valence-corrected chi connectivity index (χ1v) is 4.45. The number of hydrogen-bond donors (Lipinski definition) is 2. The van der Waals surface area contributed by atoms with Crippen molar-refractivity contribution >= 4 is 5.91 Å². The fourth-order valence-electron chi connectivity index (χ4n) is 1.44. The quantitative estimate of drug-likeness (QED) is 0.627. The maximum Gasteiger partial charge on any atom is 0.217 e. The Labute approximate surface area is 74.0 Å². The van der Waals surface area contributed by atoms with Crippen LogP contribution in [0.2, 0.25) is 0 Å². The van der Waals surface area contributed by atoms with Crippen LogP contribution in [0, 0.1) is 11.8 Å². The SMILES string of the molecule is CC(C)C[C@H](CCO)CC(N)=O. The summed E-state index contributed by atoms with van der Waals surface area (Å²) >= 11 is 0. The van der Waals surface area contributed by atoms with Crippen molar-refractivity contribution in [2.45, 2.75) is 33.1 Å². The van der Waals surface area contributed by atoms with E-state index in [1.165, 1.54) is 0 Å². The molecule has 72 valence electrons. The molecule has 3 N–H and O–H groups in total. The second-order valence-electron chi connectivity index (χ2n) is 3.68. The van der Waals surface area contributed by atoms with E-state index >= 15 is 0 Å². The average Bonchev–Trinajstić information content (AvgIpc) is 1.84. The molecule has 0 bridgehead atoms. The zero-order valence-electron chi connectivity index (χ0n) is 7.92. The molecule has 0 spiro atoms. The maximum atomic E-state index is 10.6. The standard InChI is InChI=1S/C9H19NO2/c1-7(2)5-8(3-4-11)6-9(10)12/h7-8,11H,3-6H2,1-2H3,(H2,10,12)/t8-/m0/s1. The summed E-state index contributed by atoms with van der Waals surface area (Å²) in [5, 5.41) is 8.71. The van der Waals surface area contributed by atoms with Crippen molar-refractivity contribution in [1.29, 1.82) is 0 Å². The lowest BCUT2D eigenvalue weighted by atomic mass is 9.91. The highest BCUT2D eigenvalue weighted by Crippen LogP contribution is 2.18. The fraction of sp³-hybridized carbons (Fsp3) is 0.889. The Bertz CT molecular complexity index is 134. The van der Waals surface area contributed by atoms with Crippen LogP contribution in [0.4, 0.5) is 0 Å². The van der Waals surface area contributed by atoms with Crippen LogP contribution in [0.25, 0.3) is 0 Å². The monoisotopic (exact) mass is 173 g/mol. The number of aliphatic hydroxyl groups excluding tert-OH is 1. The molecule has 0 heterocycles. The van der Waals surface area contributed by atoms with Crippen molar-refractivity contribution in [2.75, 3.05) is 6.61 Å². The molecule has 0 aromatic rings. The molecule has 0 saturated carbocycles. The average molecular weight is 173 g/mol. The Morgan fingerprint density at radius 3 is 2.42 bits per heavy atom. The first-order chi connectivity index (χ1) is 5.56. The molecule has 3 heteroatoms. The van der Waals surface area contributed by atoms with Gasteiger partial charge in [-0.15, -0.1) is 0 Å². The van der Waals surface area contributed by atoms with E-state index in [1.54, 1.807) is 0 Å². The third-order valence-electron chi connectivity index (χ3n) is 1.83. The predicted octanol–water partition coefficient (Wildman–Crippen LogP) is 0.907. The van der Waals surface area contributed by atoms with Crippen molar-refractivity contribution in [2.24, 2.45) is 17.6 Å². The van der Waals surface area contributed by atoms with E-state index in [1.807, 2.05) is 0 Å². The van der Waals surface area contributed by atoms with E-state index in [0.29, 0.717) is 18.8 Å². The zero-order valence-corrected chi connectivity index (χ0v) is 7.92. The van der Waals surface area contributed by atoms with Gasteiger partial charge in [0.05, 0.1) is 0 Å². The number of primary amides is 1. The van der Waals surface area contributed by atoms with Gasteiger partial charge in [-0.25, -0.2) is 0 Å². The topological polar surface area (TPSA) is 63.3 Å². The Hall–Kier alpha value is -0.570. The Morgan fingerprint density at radius 1 is 1.50 bits per heavy atom. The summed E-state index contributed by atoms with van der Waals surface area (Å²) in [5.41, 5.74) is 5.08. The van der Waals surface area contributed by atoms with Gasteiger partial charge in [0, 0.05) is 13.0 Å². The molecule has 0 unspecified atom stereocenters. The highest BCUT2D eigenvalue weighted by molar-refractivity contribution is 5.73. The molecule has 1 atom stereocenters. The molecule has 0 saturated heterocycles. The summed E-state index contributed by atoms with van der Waals surface area (Å²) in [6.07, 6.45) is 2.04. The van der Waals surface area contributed by atoms with Gasteiger partial charge in [0.1, 0.15) is 0 Å². The first-order valence-electron chi connectivity index (χ1n) is 4.45. The highest BCUT2D eigenvalue weighted by atomic mass is 16.3. The largest absolute Gasteiger partial charge is 0.396 e. The van der Waals surface area contributed by atoms with Crippen LogP contribution in [0.3, 0.4) is 0 Å². The third kappa shape index (κ3) is 6.16. The second kappa shape index (κ2) is 6.00. The number of aliphatic hydroxyl groups is 1. The van der Waals surface area contributed by atoms with Crippen molar-refractivity contribution in [3.05, 3.63) is 0 Å². The van der Waals surface area contributed by atoms with Crippen LogP contribution in [-0.2, 0) is 4.79 Å². The molecule has 0 radical (unpaired) electrons. The molecule has 1 amide bonds. The molecule has 0 fully saturated rings. The molecule has 0 aliphatic carbocycles. The van der Waals surface area contributed by atoms with Crippen LogP contribution in [0.5, 0.6) is 0 Å². The molecule has 0 aromatic heterocycles. The van der Waals surface area contributed by atoms with Gasteiger partial charge >= 0.3 is 0 Å². The van der Waals surface area contributed by atoms with Crippen LogP contribution in [-0.4, -0.2) is 17.6 Å². The van der Waals surface area contributed by atoms with Crippen LogP contribution < -0.4 is 5.73 Å². The first kappa shape index (κ1) is 11.4. The predicted molar refractivity (Wildman–Crippen MR) is 48.5 cm³/mol. The van der Waals surface area contributed by atoms with E-state index in [-0.39, 0.29) is 18.4 Å². The number of rotatable bonds is 6. The molecule has 0 aliphatic heterocycles. The van der Waals surface area contributed by atoms with Gasteiger partial charge in [0.25, 0.3) is 0 Å². The molecule has 3 nitrogen and oxygen atoms in total. The normalized spacial score (nSPS) is 13.3. The lowest BCUT2D eigenvalue weighted by molar-refractivity contribution is -0.119. The molecule has 12 heavy (non-hydrogen) atoms. The lowest BCUT2D eigenvalue weighted by Crippen LogP contribution is -2.18. The second-order valence-corrected chi connectivity index (χ2v) is 3.68. The molecule has 0 rings (SSSR count). The Morgan fingerprint density at radius 2 is 2.08 bits per heavy atom. The van der Waals surface area contributed by atoms with Gasteiger partial charge in [-0.3, -0.25) is 4.79 Å². The van der Waals surface area contributed by atoms with Crippen molar-refractivity contribution in [1.82, 2.24) is 0 Å². The third-order valence-corrected chi connectivity index (χ3v) is 1.83. The van der Waals surface area contributed by atoms with Gasteiger partial charge in [0.2, 0.25) is 5.91 Å². The molecule has 0 aliphatic rings. The minimum absolute atomic E-state index is 0.144. The number of carbonyl (C=O) groups excluding carboxylic acids is 1. The van der Waals surface area contributed by atoms with Crippen LogP contribution in [0.1, 0.15) is 33.1 Å². The van der Waals surface area contributed by atoms with Gasteiger partial charge in [0.15, 0.2) is 0 Å². The molecular weight excluding hydrogens is 154 g/mol. The molecular formula is C9H19NO2. The van der Waals surface area contributed by atoms with E-state index in [0.717, 1.165) is 6.42 Å². The van der Waals surface area contributed by atoms with Gasteiger partial charge in [-0.1, -0.05) is 13.8 Å². The summed E-state index contributed by atoms with van der Waals surface area (Å²) in [6.45, 7) is 4.35. The van der Waals surface area contributed by atoms with E-state index < -0.39 is 0 Å². The lowest BCUT2D eigenvalue weighted by Gasteiger charge is -2.15. The fourth-order valence-corrected chi connectivity index (χ4v) is 1.44. The zero-order chi connectivity index (χ0) is 9.56. The van der Waals surface area contributed by atoms with Gasteiger partial charge < -0.3 is 10.8 Å². The minimum atomic E-state index is -0.269. The Kier molecular flexibility index (Phi) is 5.72. The van der Waals surface area contributed by atoms with Gasteiger partial charge in [-0.05, 0) is 24.7 Å². The van der Waals surface area contributed by atoms with E-state index in [2.05, 4.69) is 13.8 Å². The summed E-state index contributed by atoms with van der Waals surface area (Å²) < 4.78 is 0. The number of carbonyl (C=O) groups is 1. The van der Waals surface area contributed by atoms with Crippen molar-refractivity contribution in [3.8, 4) is 0 Å². The van der Waals surface area contributed by atoms with Crippen LogP contribution in [0.15, 0.2) is 0 Å². The van der Waals surface area contributed by atoms with Crippen LogP contribution >= 0.6 is 0 Å². The smallest absolute Gasteiger partial charge is 0.217 e. The Balaban J connectivity index is 3.77. The number of hydrogen-bond acceptors (Lipinski definition) is 2. The molecule has 0 aromatic carbocycles. The van der Waals surface area contributed by atoms with E-state index in [4.69, 9.17) is 10.8 Å². The summed E-state index contributed by atoms with van der Waals surface area (Å²) in [7, 11) is 0. The van der Waals surface area contributed by atoms with E-state index in [9.17, 15) is 4.79 Å². The summed E-state index contributed by atoms with van der Waals surface area (Å²) in [5.74, 6) is 0.544. The maximum absolute atomic E-state index is 10.6. The van der Waals surface area contributed by atoms with Crippen molar-refractivity contribution < 1.29 is 9.90 Å². The van der Waals surface area contributed by atoms with Crippen molar-refractivity contribution in [3.63, 3.8) is 0 Å². The van der Waals surface area contributed by atoms with Gasteiger partial charge in [-0.2, -0.15) is 0 Å². The minimum Gasteiger partial charge on any atom is -0.396 e.